The van der Waals surface area contributed by atoms with Crippen LogP contribution in [0.4, 0.5) is 22.7 Å². The zero-order chi connectivity index (χ0) is 40.2. The summed E-state index contributed by atoms with van der Waals surface area (Å²) in [6, 6.07) is 89.5. The fraction of sp³-hybridized carbons (Fsp3) is 0. The van der Waals surface area contributed by atoms with Crippen LogP contribution in [0, 0.1) is 0 Å². The smallest absolute Gasteiger partial charge is 0.272 e. The topological polar surface area (TPSA) is 23.6 Å². The number of nitrogens with zero attached hydrogens (tertiary/aromatic N) is 2. The molecule has 0 unspecified atom stereocenters. The van der Waals surface area contributed by atoms with Gasteiger partial charge in [-0.2, -0.15) is 0 Å². The molecule has 0 N–H and O–H groups in total. The maximum absolute atomic E-state index is 18.0. The van der Waals surface area contributed by atoms with Crippen molar-refractivity contribution >= 4 is 93.1 Å². The molecule has 0 atom stereocenters. The maximum atomic E-state index is 18.0. The zero-order valence-electron chi connectivity index (χ0n) is 32.9. The van der Waals surface area contributed by atoms with Gasteiger partial charge in [0.15, 0.2) is 16.1 Å². The summed E-state index contributed by atoms with van der Waals surface area (Å²) in [6.45, 7) is 0. The summed E-state index contributed by atoms with van der Waals surface area (Å²) in [7, 11) is -9.87. The second-order valence-corrected chi connectivity index (χ2v) is 25.4. The molecule has 2 heterocycles. The van der Waals surface area contributed by atoms with E-state index in [2.05, 4.69) is 240 Å². The van der Waals surface area contributed by atoms with E-state index in [1.165, 1.54) is 41.5 Å². The molecule has 3 nitrogen and oxygen atoms in total. The summed E-state index contributed by atoms with van der Waals surface area (Å²) in [5, 5.41) is 10.8. The Balaban J connectivity index is 1.27. The standard InChI is InChI=1S/C54H41N2OPSi2/c57-58(42-24-6-1-7-25-42,55-47-34-16-20-38-51(47)59(43-26-8-2-9-27-43,44-28-10-3-11-29-44)52-39-21-17-35-48(52)55)56-49-36-18-22-40-53(49)60(45-30-12-4-13-31-45,46-32-14-5-15-33-46)54-41-23-19-37-50(54)56/h1-41H. The second-order valence-electron chi connectivity index (χ2n) is 15.5. The third-order valence-corrected chi connectivity index (χ3v) is 25.2. The Morgan fingerprint density at radius 2 is 0.483 bits per heavy atom. The zero-order valence-corrected chi connectivity index (χ0v) is 35.8. The minimum absolute atomic E-state index is 0.765. The van der Waals surface area contributed by atoms with Crippen molar-refractivity contribution in [2.24, 2.45) is 0 Å². The van der Waals surface area contributed by atoms with E-state index in [0.717, 1.165) is 28.1 Å². The number of para-hydroxylation sites is 4. The summed E-state index contributed by atoms with van der Waals surface area (Å²) >= 11 is 0. The van der Waals surface area contributed by atoms with Gasteiger partial charge in [-0.1, -0.05) is 212 Å². The summed E-state index contributed by atoms with van der Waals surface area (Å²) in [6.07, 6.45) is 0. The third-order valence-electron chi connectivity index (χ3n) is 12.6. The second kappa shape index (κ2) is 14.5. The molecule has 286 valence electrons. The predicted octanol–water partition coefficient (Wildman–Crippen LogP) is 7.56. The number of anilines is 4. The van der Waals surface area contributed by atoms with E-state index in [1.54, 1.807) is 0 Å². The molecule has 0 radical (unpaired) electrons. The van der Waals surface area contributed by atoms with E-state index < -0.39 is 23.6 Å². The summed E-state index contributed by atoms with van der Waals surface area (Å²) in [5.41, 5.74) is 3.88. The van der Waals surface area contributed by atoms with Crippen molar-refractivity contribution < 1.29 is 4.57 Å². The molecule has 0 amide bonds. The van der Waals surface area contributed by atoms with Crippen molar-refractivity contribution in [2.75, 3.05) is 9.34 Å². The molecule has 9 aromatic rings. The first-order valence-corrected chi connectivity index (χ1v) is 26.2. The van der Waals surface area contributed by atoms with E-state index >= 15 is 4.57 Å². The minimum atomic E-state index is -3.92. The van der Waals surface area contributed by atoms with Gasteiger partial charge < -0.3 is 0 Å². The van der Waals surface area contributed by atoms with Crippen LogP contribution in [-0.4, -0.2) is 16.1 Å². The lowest BCUT2D eigenvalue weighted by Gasteiger charge is -2.52. The van der Waals surface area contributed by atoms with Gasteiger partial charge in [-0.3, -0.25) is 13.9 Å². The van der Waals surface area contributed by atoms with Gasteiger partial charge in [0.25, 0.3) is 0 Å². The highest BCUT2D eigenvalue weighted by Gasteiger charge is 2.57. The predicted molar refractivity (Wildman–Crippen MR) is 258 cm³/mol. The molecule has 0 aliphatic carbocycles. The lowest BCUT2D eigenvalue weighted by Crippen LogP contribution is -2.78. The quantitative estimate of drug-likeness (QED) is 0.123. The Hall–Kier alpha value is -6.76. The lowest BCUT2D eigenvalue weighted by molar-refractivity contribution is 0.581. The van der Waals surface area contributed by atoms with E-state index in [1.807, 2.05) is 18.2 Å². The average molecular weight is 821 g/mol. The first kappa shape index (κ1) is 36.3. The van der Waals surface area contributed by atoms with Crippen LogP contribution >= 0.6 is 7.44 Å². The van der Waals surface area contributed by atoms with Crippen molar-refractivity contribution in [3.05, 3.63) is 249 Å². The highest BCUT2D eigenvalue weighted by molar-refractivity contribution is 7.75. The van der Waals surface area contributed by atoms with Gasteiger partial charge in [0.05, 0.1) is 5.30 Å². The van der Waals surface area contributed by atoms with Crippen molar-refractivity contribution in [1.82, 2.24) is 0 Å². The Kier molecular flexibility index (Phi) is 8.79. The van der Waals surface area contributed by atoms with Gasteiger partial charge in [-0.05, 0) is 77.9 Å². The number of hydrogen-bond donors (Lipinski definition) is 0. The summed E-state index contributed by atoms with van der Waals surface area (Å²) in [5.74, 6) is 0. The van der Waals surface area contributed by atoms with E-state index in [-0.39, 0.29) is 0 Å². The van der Waals surface area contributed by atoms with Crippen molar-refractivity contribution in [3.63, 3.8) is 0 Å². The van der Waals surface area contributed by atoms with Crippen LogP contribution in [0.3, 0.4) is 0 Å². The van der Waals surface area contributed by atoms with Crippen LogP contribution in [0.1, 0.15) is 0 Å². The summed E-state index contributed by atoms with van der Waals surface area (Å²) < 4.78 is 22.5. The molecule has 0 saturated heterocycles. The molecule has 9 aromatic carbocycles. The van der Waals surface area contributed by atoms with Gasteiger partial charge in [0.1, 0.15) is 0 Å². The minimum Gasteiger partial charge on any atom is -0.272 e. The van der Waals surface area contributed by atoms with Crippen LogP contribution in [0.25, 0.3) is 0 Å². The molecule has 0 bridgehead atoms. The first-order valence-electron chi connectivity index (χ1n) is 20.6. The van der Waals surface area contributed by atoms with Gasteiger partial charge >= 0.3 is 7.44 Å². The monoisotopic (exact) mass is 820 g/mol. The molecule has 0 fully saturated rings. The number of hydrogen-bond acceptors (Lipinski definition) is 1. The average Bonchev–Trinajstić information content (AvgIpc) is 3.33. The Bertz CT molecular complexity index is 2680. The number of fused-ring (bicyclic) bond motifs is 4. The largest absolute Gasteiger partial charge is 0.301 e. The van der Waals surface area contributed by atoms with Crippen LogP contribution in [0.15, 0.2) is 249 Å². The van der Waals surface area contributed by atoms with Gasteiger partial charge in [0.2, 0.25) is 0 Å². The molecule has 0 spiro atoms. The molecular formula is C54H41N2OPSi2. The van der Waals surface area contributed by atoms with Gasteiger partial charge in [-0.25, -0.2) is 0 Å². The van der Waals surface area contributed by atoms with Crippen LogP contribution in [0.2, 0.25) is 0 Å². The first-order chi connectivity index (χ1) is 29.7. The third kappa shape index (κ3) is 5.10. The van der Waals surface area contributed by atoms with E-state index in [9.17, 15) is 0 Å². The Labute approximate surface area is 354 Å². The fourth-order valence-corrected chi connectivity index (χ4v) is 24.0. The highest BCUT2D eigenvalue weighted by Crippen LogP contribution is 2.63. The molecule has 11 rings (SSSR count). The van der Waals surface area contributed by atoms with E-state index in [4.69, 9.17) is 0 Å². The van der Waals surface area contributed by atoms with Crippen molar-refractivity contribution in [3.8, 4) is 0 Å². The molecule has 2 aliphatic heterocycles. The number of rotatable bonds is 7. The van der Waals surface area contributed by atoms with Crippen molar-refractivity contribution in [2.45, 2.75) is 0 Å². The van der Waals surface area contributed by atoms with Crippen LogP contribution in [-0.2, 0) is 4.57 Å². The Morgan fingerprint density at radius 1 is 0.267 bits per heavy atom. The molecule has 6 heteroatoms. The highest BCUT2D eigenvalue weighted by atomic mass is 31.2. The number of benzene rings is 9. The van der Waals surface area contributed by atoms with Crippen LogP contribution in [0.5, 0.6) is 0 Å². The van der Waals surface area contributed by atoms with Crippen molar-refractivity contribution in [1.29, 1.82) is 0 Å². The van der Waals surface area contributed by atoms with Gasteiger partial charge in [0, 0.05) is 22.7 Å². The SMILES string of the molecule is O=P(c1ccccc1)(N1c2ccccc2[Si](c2ccccc2)(c2ccccc2)c2ccccc21)N1c2ccccc2[Si](c2ccccc2)(c2ccccc2)c2ccccc21. The molecule has 0 aromatic heterocycles. The Morgan fingerprint density at radius 3 is 0.750 bits per heavy atom. The fourth-order valence-electron chi connectivity index (χ4n) is 10.3. The maximum Gasteiger partial charge on any atom is 0.301 e. The van der Waals surface area contributed by atoms with Gasteiger partial charge in [-0.15, -0.1) is 0 Å². The molecule has 0 saturated carbocycles. The molecular weight excluding hydrogens is 780 g/mol. The summed E-state index contributed by atoms with van der Waals surface area (Å²) in [4.78, 5) is 0. The van der Waals surface area contributed by atoms with E-state index in [0.29, 0.717) is 0 Å². The molecule has 2 aliphatic rings. The van der Waals surface area contributed by atoms with Crippen LogP contribution < -0.4 is 56.1 Å². The normalized spacial score (nSPS) is 14.6. The lowest BCUT2D eigenvalue weighted by atomic mass is 10.2. The molecule has 60 heavy (non-hydrogen) atoms.